The van der Waals surface area contributed by atoms with Crippen molar-refractivity contribution in [2.24, 2.45) is 0 Å². The summed E-state index contributed by atoms with van der Waals surface area (Å²) < 4.78 is 41.0. The van der Waals surface area contributed by atoms with Gasteiger partial charge in [0.25, 0.3) is 0 Å². The average Bonchev–Trinajstić information content (AvgIpc) is 3.45. The number of hydrogen-bond donors (Lipinski definition) is 0. The van der Waals surface area contributed by atoms with E-state index in [1.165, 1.54) is 12.1 Å². The number of carbonyl (C=O) groups excluding carboxylic acids is 1. The molecule has 0 aliphatic carbocycles. The van der Waals surface area contributed by atoms with Crippen LogP contribution in [0.4, 0.5) is 10.2 Å². The maximum Gasteiger partial charge on any atom is 0.340 e. The zero-order valence-electron chi connectivity index (χ0n) is 28.9. The molecule has 3 aliphatic rings. The van der Waals surface area contributed by atoms with Crippen molar-refractivity contribution in [1.82, 2.24) is 14.6 Å². The Labute approximate surface area is 281 Å². The molecule has 5 heterocycles. The lowest BCUT2D eigenvalue weighted by molar-refractivity contribution is -0.166. The highest BCUT2D eigenvalue weighted by Gasteiger charge is 2.38. The van der Waals surface area contributed by atoms with Gasteiger partial charge < -0.3 is 23.8 Å². The van der Waals surface area contributed by atoms with Gasteiger partial charge in [0.1, 0.15) is 23.5 Å². The number of esters is 1. The van der Waals surface area contributed by atoms with E-state index in [9.17, 15) is 9.18 Å². The molecular formula is C38H45FN4O5. The SMILES string of the molecule is CCOC(=O)[C@@H](OC(C)(C)C)c1c(C)nc2cc3nn2c1N1CCC(C)(CC1)OC/C=C\C(C)Oc1cc(F)ccc1-c1cccc-3c1. The van der Waals surface area contributed by atoms with Crippen molar-refractivity contribution in [1.29, 1.82) is 0 Å². The highest BCUT2D eigenvalue weighted by atomic mass is 19.1. The molecule has 2 atom stereocenters. The van der Waals surface area contributed by atoms with Crippen LogP contribution in [-0.4, -0.2) is 64.2 Å². The van der Waals surface area contributed by atoms with Crippen molar-refractivity contribution in [3.63, 3.8) is 0 Å². The van der Waals surface area contributed by atoms with Crippen LogP contribution in [0, 0.1) is 12.7 Å². The minimum absolute atomic E-state index is 0.225. The standard InChI is InChI=1S/C38H45FN4O5/c1-8-45-36(44)34(48-37(4,5)6)33-25(3)40-32-23-30-27-13-9-12-26(21-27)29-15-14-28(39)22-31(29)47-24(2)11-10-20-46-38(7)16-18-42(19-17-38)35(33)43(32)41-30/h9-15,21-24,34H,8,16-20H2,1-7H3/b11-10-/t24?,34-/m0/s1. The van der Waals surface area contributed by atoms with E-state index in [-0.39, 0.29) is 24.1 Å². The quantitative estimate of drug-likeness (QED) is 0.164. The van der Waals surface area contributed by atoms with E-state index < -0.39 is 17.7 Å². The number of piperidine rings is 1. The number of benzene rings is 2. The molecule has 3 aliphatic heterocycles. The Morgan fingerprint density at radius 1 is 1.12 bits per heavy atom. The predicted molar refractivity (Wildman–Crippen MR) is 184 cm³/mol. The molecule has 48 heavy (non-hydrogen) atoms. The van der Waals surface area contributed by atoms with Crippen LogP contribution in [0.25, 0.3) is 28.0 Å². The lowest BCUT2D eigenvalue weighted by Crippen LogP contribution is -2.45. The average molecular weight is 657 g/mol. The monoisotopic (exact) mass is 656 g/mol. The van der Waals surface area contributed by atoms with Gasteiger partial charge in [0.2, 0.25) is 0 Å². The zero-order valence-corrected chi connectivity index (χ0v) is 28.9. The fraction of sp³-hybridized carbons (Fsp3) is 0.447. The summed E-state index contributed by atoms with van der Waals surface area (Å²) in [5.74, 6) is 0.366. The van der Waals surface area contributed by atoms with Gasteiger partial charge >= 0.3 is 5.97 Å². The van der Waals surface area contributed by atoms with Crippen molar-refractivity contribution in [2.45, 2.75) is 84.7 Å². The minimum Gasteiger partial charge on any atom is -0.486 e. The van der Waals surface area contributed by atoms with Gasteiger partial charge in [0, 0.05) is 42.0 Å². The van der Waals surface area contributed by atoms with Crippen LogP contribution >= 0.6 is 0 Å². The maximum absolute atomic E-state index is 14.5. The molecule has 2 aromatic carbocycles. The van der Waals surface area contributed by atoms with Gasteiger partial charge in [0.05, 0.1) is 35.7 Å². The van der Waals surface area contributed by atoms with E-state index in [0.717, 1.165) is 35.3 Å². The smallest absolute Gasteiger partial charge is 0.340 e. The van der Waals surface area contributed by atoms with E-state index in [2.05, 4.69) is 11.8 Å². The third kappa shape index (κ3) is 7.10. The molecule has 0 radical (unpaired) electrons. The van der Waals surface area contributed by atoms with E-state index in [1.54, 1.807) is 13.0 Å². The number of ether oxygens (including phenoxy) is 4. The Hall–Kier alpha value is -4.28. The van der Waals surface area contributed by atoms with Crippen molar-refractivity contribution in [3.8, 4) is 28.1 Å². The summed E-state index contributed by atoms with van der Waals surface area (Å²) in [4.78, 5) is 20.8. The molecule has 10 heteroatoms. The number of aryl methyl sites for hydroxylation is 1. The lowest BCUT2D eigenvalue weighted by atomic mass is 9.92. The number of nitrogens with zero attached hydrogens (tertiary/aromatic N) is 4. The van der Waals surface area contributed by atoms with Gasteiger partial charge in [-0.25, -0.2) is 14.2 Å². The highest BCUT2D eigenvalue weighted by molar-refractivity contribution is 5.81. The van der Waals surface area contributed by atoms with Crippen molar-refractivity contribution < 1.29 is 28.1 Å². The normalized spacial score (nSPS) is 21.2. The topological polar surface area (TPSA) is 87.4 Å². The van der Waals surface area contributed by atoms with Gasteiger partial charge in [-0.3, -0.25) is 0 Å². The van der Waals surface area contributed by atoms with Gasteiger partial charge in [-0.05, 0) is 91.1 Å². The molecule has 0 amide bonds. The second-order valence-corrected chi connectivity index (χ2v) is 13.8. The number of aromatic nitrogens is 3. The number of anilines is 1. The van der Waals surface area contributed by atoms with Crippen LogP contribution in [0.5, 0.6) is 5.75 Å². The number of hydrogen-bond acceptors (Lipinski definition) is 8. The summed E-state index contributed by atoms with van der Waals surface area (Å²) in [6.07, 6.45) is 4.09. The lowest BCUT2D eigenvalue weighted by Gasteiger charge is -2.41. The Bertz CT molecular complexity index is 1840. The van der Waals surface area contributed by atoms with Gasteiger partial charge in [0.15, 0.2) is 11.8 Å². The molecule has 9 nitrogen and oxygen atoms in total. The van der Waals surface area contributed by atoms with E-state index >= 15 is 0 Å². The molecule has 1 saturated heterocycles. The molecular weight excluding hydrogens is 611 g/mol. The Morgan fingerprint density at radius 2 is 1.88 bits per heavy atom. The fourth-order valence-electron chi connectivity index (χ4n) is 6.41. The van der Waals surface area contributed by atoms with E-state index in [1.807, 2.05) is 81.6 Å². The molecule has 1 unspecified atom stereocenters. The van der Waals surface area contributed by atoms with Crippen molar-refractivity contribution in [3.05, 3.63) is 77.8 Å². The molecule has 1 fully saturated rings. The second-order valence-electron chi connectivity index (χ2n) is 13.8. The largest absolute Gasteiger partial charge is 0.486 e. The van der Waals surface area contributed by atoms with Crippen LogP contribution in [0.2, 0.25) is 0 Å². The number of fused-ring (bicyclic) bond motifs is 6. The Balaban J connectivity index is 1.56. The summed E-state index contributed by atoms with van der Waals surface area (Å²) >= 11 is 0. The van der Waals surface area contributed by atoms with Crippen LogP contribution in [0.1, 0.15) is 71.7 Å². The second kappa shape index (κ2) is 13.3. The molecule has 0 N–H and O–H groups in total. The summed E-state index contributed by atoms with van der Waals surface area (Å²) in [7, 11) is 0. The Morgan fingerprint density at radius 3 is 2.60 bits per heavy atom. The van der Waals surface area contributed by atoms with Crippen LogP contribution in [-0.2, 0) is 19.0 Å². The van der Waals surface area contributed by atoms with Gasteiger partial charge in [-0.1, -0.05) is 24.3 Å². The first-order valence-corrected chi connectivity index (χ1v) is 16.7. The summed E-state index contributed by atoms with van der Waals surface area (Å²) in [6, 6.07) is 14.5. The first-order chi connectivity index (χ1) is 22.8. The summed E-state index contributed by atoms with van der Waals surface area (Å²) in [5, 5.41) is 5.12. The molecule has 0 saturated carbocycles. The predicted octanol–water partition coefficient (Wildman–Crippen LogP) is 7.64. The number of rotatable bonds is 4. The molecule has 7 rings (SSSR count). The Kier molecular flexibility index (Phi) is 9.33. The third-order valence-electron chi connectivity index (χ3n) is 8.82. The van der Waals surface area contributed by atoms with Crippen LogP contribution in [0.15, 0.2) is 60.7 Å². The molecule has 254 valence electrons. The maximum atomic E-state index is 14.5. The summed E-state index contributed by atoms with van der Waals surface area (Å²) in [5.41, 5.74) is 4.14. The zero-order chi connectivity index (χ0) is 34.2. The van der Waals surface area contributed by atoms with Crippen LogP contribution in [0.3, 0.4) is 0 Å². The van der Waals surface area contributed by atoms with Gasteiger partial charge in [-0.2, -0.15) is 9.61 Å². The van der Waals surface area contributed by atoms with E-state index in [4.69, 9.17) is 29.0 Å². The first kappa shape index (κ1) is 33.6. The molecule has 6 bridgehead atoms. The van der Waals surface area contributed by atoms with Gasteiger partial charge in [-0.15, -0.1) is 0 Å². The van der Waals surface area contributed by atoms with E-state index in [0.29, 0.717) is 48.0 Å². The number of halogens is 1. The molecule has 0 spiro atoms. The third-order valence-corrected chi connectivity index (χ3v) is 8.82. The number of carbonyl (C=O) groups is 1. The molecule has 2 aromatic heterocycles. The van der Waals surface area contributed by atoms with Crippen LogP contribution < -0.4 is 9.64 Å². The van der Waals surface area contributed by atoms with Crippen molar-refractivity contribution in [2.75, 3.05) is 31.2 Å². The highest BCUT2D eigenvalue weighted by Crippen LogP contribution is 2.40. The summed E-state index contributed by atoms with van der Waals surface area (Å²) in [6.45, 7) is 15.5. The first-order valence-electron chi connectivity index (χ1n) is 16.7. The van der Waals surface area contributed by atoms with Crippen molar-refractivity contribution >= 4 is 17.4 Å². The minimum atomic E-state index is -1.01. The fourth-order valence-corrected chi connectivity index (χ4v) is 6.41. The molecule has 4 aromatic rings.